The number of carbonyl (C=O) groups excluding carboxylic acids is 2. The number of likely N-dealkylation sites (tertiary alicyclic amines) is 1. The zero-order valence-electron chi connectivity index (χ0n) is 15.9. The van der Waals surface area contributed by atoms with Crippen LogP contribution in [-0.2, 0) is 0 Å². The van der Waals surface area contributed by atoms with Crippen molar-refractivity contribution in [3.8, 4) is 11.5 Å². The normalized spacial score (nSPS) is 14.5. The number of ether oxygens (including phenoxy) is 2. The predicted octanol–water partition coefficient (Wildman–Crippen LogP) is 2.88. The second kappa shape index (κ2) is 8.73. The lowest BCUT2D eigenvalue weighted by Gasteiger charge is -2.32. The molecule has 2 aromatic carbocycles. The summed E-state index contributed by atoms with van der Waals surface area (Å²) < 4.78 is 23.9. The quantitative estimate of drug-likeness (QED) is 0.858. The summed E-state index contributed by atoms with van der Waals surface area (Å²) in [6, 6.07) is 10.8. The van der Waals surface area contributed by atoms with E-state index in [1.807, 2.05) is 0 Å². The van der Waals surface area contributed by atoms with Crippen molar-refractivity contribution in [2.45, 2.75) is 18.9 Å². The maximum atomic E-state index is 13.3. The van der Waals surface area contributed by atoms with Crippen LogP contribution in [0.2, 0.25) is 0 Å². The molecule has 28 heavy (non-hydrogen) atoms. The first-order chi connectivity index (χ1) is 13.5. The van der Waals surface area contributed by atoms with Crippen molar-refractivity contribution in [2.75, 3.05) is 27.3 Å². The molecule has 148 valence electrons. The summed E-state index contributed by atoms with van der Waals surface area (Å²) in [7, 11) is 3.00. The average molecular weight is 386 g/mol. The molecule has 0 radical (unpaired) electrons. The lowest BCUT2D eigenvalue weighted by molar-refractivity contribution is 0.0697. The molecule has 2 aromatic rings. The third-order valence-electron chi connectivity index (χ3n) is 4.84. The van der Waals surface area contributed by atoms with E-state index in [-0.39, 0.29) is 17.9 Å². The van der Waals surface area contributed by atoms with E-state index in [0.717, 1.165) is 0 Å². The summed E-state index contributed by atoms with van der Waals surface area (Å²) in [4.78, 5) is 26.9. The third kappa shape index (κ3) is 4.24. The molecule has 6 nitrogen and oxygen atoms in total. The number of rotatable bonds is 5. The standard InChI is InChI=1S/C21H23FN2O4/c1-27-17-7-4-8-18(28-2)19(17)20(25)23-16-9-11-24(12-10-16)21(26)14-5-3-6-15(22)13-14/h3-8,13,16H,9-12H2,1-2H3,(H,23,25). The molecule has 1 aliphatic rings. The highest BCUT2D eigenvalue weighted by Gasteiger charge is 2.27. The van der Waals surface area contributed by atoms with Crippen LogP contribution in [-0.4, -0.2) is 50.1 Å². The van der Waals surface area contributed by atoms with Gasteiger partial charge in [0.25, 0.3) is 11.8 Å². The fraction of sp³-hybridized carbons (Fsp3) is 0.333. The van der Waals surface area contributed by atoms with E-state index < -0.39 is 5.82 Å². The van der Waals surface area contributed by atoms with Gasteiger partial charge in [-0.3, -0.25) is 9.59 Å². The lowest BCUT2D eigenvalue weighted by Crippen LogP contribution is -2.46. The minimum atomic E-state index is -0.432. The van der Waals surface area contributed by atoms with Crippen LogP contribution < -0.4 is 14.8 Å². The molecule has 7 heteroatoms. The number of nitrogens with one attached hydrogen (secondary N) is 1. The number of amides is 2. The highest BCUT2D eigenvalue weighted by Crippen LogP contribution is 2.28. The van der Waals surface area contributed by atoms with Gasteiger partial charge < -0.3 is 19.7 Å². The summed E-state index contributed by atoms with van der Waals surface area (Å²) >= 11 is 0. The Balaban J connectivity index is 1.62. The van der Waals surface area contributed by atoms with Crippen LogP contribution in [0.25, 0.3) is 0 Å². The van der Waals surface area contributed by atoms with Crippen LogP contribution in [0.5, 0.6) is 11.5 Å². The molecule has 1 N–H and O–H groups in total. The van der Waals surface area contributed by atoms with E-state index in [1.165, 1.54) is 32.4 Å². The van der Waals surface area contributed by atoms with Gasteiger partial charge in [0.1, 0.15) is 22.9 Å². The minimum Gasteiger partial charge on any atom is -0.496 e. The Hall–Kier alpha value is -3.09. The third-order valence-corrected chi connectivity index (χ3v) is 4.84. The first-order valence-corrected chi connectivity index (χ1v) is 9.10. The van der Waals surface area contributed by atoms with Gasteiger partial charge in [-0.25, -0.2) is 4.39 Å². The maximum Gasteiger partial charge on any atom is 0.259 e. The number of halogens is 1. The number of piperidine rings is 1. The molecule has 1 heterocycles. The van der Waals surface area contributed by atoms with E-state index in [1.54, 1.807) is 29.2 Å². The van der Waals surface area contributed by atoms with Gasteiger partial charge in [-0.05, 0) is 43.2 Å². The largest absolute Gasteiger partial charge is 0.496 e. The molecule has 1 fully saturated rings. The van der Waals surface area contributed by atoms with E-state index in [9.17, 15) is 14.0 Å². The van der Waals surface area contributed by atoms with E-state index >= 15 is 0 Å². The highest BCUT2D eigenvalue weighted by atomic mass is 19.1. The average Bonchev–Trinajstić information content (AvgIpc) is 2.73. The van der Waals surface area contributed by atoms with Crippen molar-refractivity contribution in [3.63, 3.8) is 0 Å². The number of hydrogen-bond donors (Lipinski definition) is 1. The van der Waals surface area contributed by atoms with Crippen molar-refractivity contribution in [2.24, 2.45) is 0 Å². The van der Waals surface area contributed by atoms with Crippen LogP contribution in [0.3, 0.4) is 0 Å². The van der Waals surface area contributed by atoms with Gasteiger partial charge in [-0.1, -0.05) is 12.1 Å². The molecule has 2 amide bonds. The molecule has 0 spiro atoms. The SMILES string of the molecule is COc1cccc(OC)c1C(=O)NC1CCN(C(=O)c2cccc(F)c2)CC1. The zero-order valence-corrected chi connectivity index (χ0v) is 15.9. The highest BCUT2D eigenvalue weighted by molar-refractivity contribution is 6.00. The smallest absolute Gasteiger partial charge is 0.259 e. The molecule has 1 aliphatic heterocycles. The molecule has 3 rings (SSSR count). The van der Waals surface area contributed by atoms with Gasteiger partial charge in [-0.15, -0.1) is 0 Å². The Morgan fingerprint density at radius 1 is 1.04 bits per heavy atom. The Kier molecular flexibility index (Phi) is 6.13. The molecular weight excluding hydrogens is 363 g/mol. The Morgan fingerprint density at radius 3 is 2.21 bits per heavy atom. The lowest BCUT2D eigenvalue weighted by atomic mass is 10.0. The summed E-state index contributed by atoms with van der Waals surface area (Å²) in [5, 5.41) is 3.00. The van der Waals surface area contributed by atoms with Gasteiger partial charge >= 0.3 is 0 Å². The van der Waals surface area contributed by atoms with Crippen LogP contribution in [0.4, 0.5) is 4.39 Å². The molecule has 0 aromatic heterocycles. The van der Waals surface area contributed by atoms with Crippen LogP contribution in [0, 0.1) is 5.82 Å². The topological polar surface area (TPSA) is 67.9 Å². The van der Waals surface area contributed by atoms with Crippen molar-refractivity contribution >= 4 is 11.8 Å². The second-order valence-corrected chi connectivity index (χ2v) is 6.59. The maximum absolute atomic E-state index is 13.3. The molecule has 0 unspecified atom stereocenters. The van der Waals surface area contributed by atoms with Crippen LogP contribution >= 0.6 is 0 Å². The first-order valence-electron chi connectivity index (χ1n) is 9.10. The molecule has 0 saturated carbocycles. The van der Waals surface area contributed by atoms with Gasteiger partial charge in [-0.2, -0.15) is 0 Å². The Labute approximate surface area is 163 Å². The zero-order chi connectivity index (χ0) is 20.1. The van der Waals surface area contributed by atoms with Gasteiger partial charge in [0, 0.05) is 24.7 Å². The Morgan fingerprint density at radius 2 is 1.64 bits per heavy atom. The van der Waals surface area contributed by atoms with E-state index in [4.69, 9.17) is 9.47 Å². The van der Waals surface area contributed by atoms with Crippen molar-refractivity contribution in [1.82, 2.24) is 10.2 Å². The molecule has 0 aliphatic carbocycles. The van der Waals surface area contributed by atoms with Gasteiger partial charge in [0.15, 0.2) is 0 Å². The fourth-order valence-corrected chi connectivity index (χ4v) is 3.36. The number of benzene rings is 2. The van der Waals surface area contributed by atoms with E-state index in [2.05, 4.69) is 5.32 Å². The number of hydrogen-bond acceptors (Lipinski definition) is 4. The first kappa shape index (κ1) is 19.7. The van der Waals surface area contributed by atoms with Gasteiger partial charge in [0.2, 0.25) is 0 Å². The number of methoxy groups -OCH3 is 2. The summed E-state index contributed by atoms with van der Waals surface area (Å²) in [6.45, 7) is 0.979. The summed E-state index contributed by atoms with van der Waals surface area (Å²) in [5.41, 5.74) is 0.687. The fourth-order valence-electron chi connectivity index (χ4n) is 3.36. The van der Waals surface area contributed by atoms with Crippen LogP contribution in [0.15, 0.2) is 42.5 Å². The monoisotopic (exact) mass is 386 g/mol. The molecule has 0 bridgehead atoms. The summed E-state index contributed by atoms with van der Waals surface area (Å²) in [6.07, 6.45) is 1.23. The number of carbonyl (C=O) groups is 2. The van der Waals surface area contributed by atoms with E-state index in [0.29, 0.717) is 48.6 Å². The molecule has 0 atom stereocenters. The molecular formula is C21H23FN2O4. The second-order valence-electron chi connectivity index (χ2n) is 6.59. The van der Waals surface area contributed by atoms with Gasteiger partial charge in [0.05, 0.1) is 14.2 Å². The minimum absolute atomic E-state index is 0.0707. The van der Waals surface area contributed by atoms with Crippen molar-refractivity contribution in [1.29, 1.82) is 0 Å². The predicted molar refractivity (Wildman–Crippen MR) is 102 cm³/mol. The Bertz CT molecular complexity index is 841. The van der Waals surface area contributed by atoms with Crippen molar-refractivity contribution in [3.05, 3.63) is 59.4 Å². The van der Waals surface area contributed by atoms with Crippen LogP contribution in [0.1, 0.15) is 33.6 Å². The van der Waals surface area contributed by atoms with Crippen molar-refractivity contribution < 1.29 is 23.5 Å². The summed E-state index contributed by atoms with van der Waals surface area (Å²) in [5.74, 6) is -0.0234. The molecule has 1 saturated heterocycles. The number of nitrogens with zero attached hydrogens (tertiary/aromatic N) is 1.